The van der Waals surface area contributed by atoms with Gasteiger partial charge in [-0.3, -0.25) is 4.79 Å². The number of benzene rings is 2. The first-order valence-corrected chi connectivity index (χ1v) is 11.2. The number of hydrogen-bond donors (Lipinski definition) is 2. The van der Waals surface area contributed by atoms with Crippen molar-refractivity contribution in [2.75, 3.05) is 48.8 Å². The van der Waals surface area contributed by atoms with E-state index in [1.165, 1.54) is 12.1 Å². The fourth-order valence-electron chi connectivity index (χ4n) is 3.99. The van der Waals surface area contributed by atoms with Gasteiger partial charge >= 0.3 is 0 Å². The number of piperazine rings is 1. The number of anilines is 4. The average Bonchev–Trinajstić information content (AvgIpc) is 3.28. The fraction of sp³-hybridized carbons (Fsp3) is 0.200. The highest BCUT2D eigenvalue weighted by atomic mass is 19.1. The molecule has 0 saturated carbocycles. The summed E-state index contributed by atoms with van der Waals surface area (Å²) in [5.41, 5.74) is 3.05. The van der Waals surface area contributed by atoms with Crippen molar-refractivity contribution in [3.63, 3.8) is 0 Å². The molecular weight excluding hydrogens is 447 g/mol. The Kier molecular flexibility index (Phi) is 6.11. The number of amides is 1. The van der Waals surface area contributed by atoms with Crippen LogP contribution in [0.15, 0.2) is 67.5 Å². The van der Waals surface area contributed by atoms with Crippen molar-refractivity contribution >= 4 is 40.0 Å². The van der Waals surface area contributed by atoms with E-state index >= 15 is 0 Å². The van der Waals surface area contributed by atoms with Crippen molar-refractivity contribution in [1.29, 1.82) is 0 Å². The highest BCUT2D eigenvalue weighted by Crippen LogP contribution is 2.26. The van der Waals surface area contributed by atoms with Gasteiger partial charge in [0.2, 0.25) is 11.9 Å². The standard InChI is InChI=1S/C25H25FN8O/c1-3-23(35)29-18-5-4-6-20(13-18)34-24-17(16-28-34)15-27-25(31-24)30-19-7-8-22(21(26)14-19)33-11-9-32(2)10-12-33/h3-8,13-16H,1,9-12H2,2H3,(H,29,35)(H,27,30,31). The summed E-state index contributed by atoms with van der Waals surface area (Å²) in [5, 5.41) is 11.0. The Balaban J connectivity index is 1.38. The maximum Gasteiger partial charge on any atom is 0.247 e. The Morgan fingerprint density at radius 3 is 2.69 bits per heavy atom. The summed E-state index contributed by atoms with van der Waals surface area (Å²) in [6.07, 6.45) is 4.53. The van der Waals surface area contributed by atoms with Crippen LogP contribution in [0.4, 0.5) is 27.4 Å². The number of nitrogens with zero attached hydrogens (tertiary/aromatic N) is 6. The monoisotopic (exact) mass is 472 g/mol. The quantitative estimate of drug-likeness (QED) is 0.415. The van der Waals surface area contributed by atoms with Gasteiger partial charge in [0.25, 0.3) is 0 Å². The predicted octanol–water partition coefficient (Wildman–Crippen LogP) is 3.57. The van der Waals surface area contributed by atoms with Crippen LogP contribution in [0, 0.1) is 5.82 Å². The van der Waals surface area contributed by atoms with Crippen LogP contribution < -0.4 is 15.5 Å². The lowest BCUT2D eigenvalue weighted by Gasteiger charge is -2.34. The second-order valence-corrected chi connectivity index (χ2v) is 8.35. The van der Waals surface area contributed by atoms with Gasteiger partial charge < -0.3 is 20.4 Å². The van der Waals surface area contributed by atoms with Gasteiger partial charge in [0.15, 0.2) is 5.65 Å². The van der Waals surface area contributed by atoms with Crippen LogP contribution in [-0.4, -0.2) is 63.8 Å². The molecule has 1 aliphatic heterocycles. The molecule has 2 aromatic heterocycles. The van der Waals surface area contributed by atoms with E-state index in [9.17, 15) is 9.18 Å². The molecule has 0 bridgehead atoms. The SMILES string of the molecule is C=CC(=O)Nc1cccc(-n2ncc3cnc(Nc4ccc(N5CCN(C)CC5)c(F)c4)nc32)c1. The van der Waals surface area contributed by atoms with Crippen LogP contribution in [0.3, 0.4) is 0 Å². The third-order valence-electron chi connectivity index (χ3n) is 5.90. The number of carbonyl (C=O) groups is 1. The third-order valence-corrected chi connectivity index (χ3v) is 5.90. The van der Waals surface area contributed by atoms with E-state index in [1.54, 1.807) is 35.3 Å². The van der Waals surface area contributed by atoms with E-state index in [1.807, 2.05) is 18.2 Å². The summed E-state index contributed by atoms with van der Waals surface area (Å²) in [7, 11) is 2.07. The molecular formula is C25H25FN8O. The summed E-state index contributed by atoms with van der Waals surface area (Å²) >= 11 is 0. The first-order chi connectivity index (χ1) is 17.0. The zero-order valence-corrected chi connectivity index (χ0v) is 19.3. The van der Waals surface area contributed by atoms with E-state index < -0.39 is 0 Å². The first-order valence-electron chi connectivity index (χ1n) is 11.2. The van der Waals surface area contributed by atoms with Crippen molar-refractivity contribution in [2.24, 2.45) is 0 Å². The average molecular weight is 473 g/mol. The number of hydrogen-bond acceptors (Lipinski definition) is 7. The Morgan fingerprint density at radius 1 is 1.09 bits per heavy atom. The number of aromatic nitrogens is 4. The topological polar surface area (TPSA) is 91.2 Å². The molecule has 0 atom stereocenters. The van der Waals surface area contributed by atoms with Crippen LogP contribution in [-0.2, 0) is 4.79 Å². The number of carbonyl (C=O) groups excluding carboxylic acids is 1. The predicted molar refractivity (Wildman–Crippen MR) is 135 cm³/mol. The smallest absolute Gasteiger partial charge is 0.247 e. The second-order valence-electron chi connectivity index (χ2n) is 8.35. The largest absolute Gasteiger partial charge is 0.367 e. The molecule has 5 rings (SSSR count). The van der Waals surface area contributed by atoms with Crippen molar-refractivity contribution in [2.45, 2.75) is 0 Å². The summed E-state index contributed by atoms with van der Waals surface area (Å²) in [6.45, 7) is 6.87. The van der Waals surface area contributed by atoms with Crippen LogP contribution in [0.2, 0.25) is 0 Å². The highest BCUT2D eigenvalue weighted by Gasteiger charge is 2.18. The molecule has 0 aliphatic carbocycles. The highest BCUT2D eigenvalue weighted by molar-refractivity contribution is 5.99. The van der Waals surface area contributed by atoms with Gasteiger partial charge in [0.1, 0.15) is 5.82 Å². The Labute approximate surface area is 201 Å². The maximum atomic E-state index is 14.9. The zero-order valence-electron chi connectivity index (χ0n) is 19.3. The number of likely N-dealkylation sites (N-methyl/N-ethyl adjacent to an activating group) is 1. The molecule has 0 radical (unpaired) electrons. The van der Waals surface area contributed by atoms with E-state index in [-0.39, 0.29) is 11.7 Å². The summed E-state index contributed by atoms with van der Waals surface area (Å²) < 4.78 is 16.5. The van der Waals surface area contributed by atoms with Crippen molar-refractivity contribution in [1.82, 2.24) is 24.6 Å². The molecule has 9 nitrogen and oxygen atoms in total. The maximum absolute atomic E-state index is 14.9. The lowest BCUT2D eigenvalue weighted by molar-refractivity contribution is -0.111. The molecule has 2 aromatic carbocycles. The van der Waals surface area contributed by atoms with Gasteiger partial charge in [0, 0.05) is 43.8 Å². The van der Waals surface area contributed by atoms with Crippen LogP contribution >= 0.6 is 0 Å². The molecule has 0 spiro atoms. The normalized spacial score (nSPS) is 14.2. The molecule has 1 saturated heterocycles. The van der Waals surface area contributed by atoms with Gasteiger partial charge in [-0.05, 0) is 49.5 Å². The van der Waals surface area contributed by atoms with Crippen molar-refractivity contribution < 1.29 is 9.18 Å². The van der Waals surface area contributed by atoms with E-state index in [4.69, 9.17) is 0 Å². The third kappa shape index (κ3) is 4.82. The van der Waals surface area contributed by atoms with Crippen molar-refractivity contribution in [3.8, 4) is 5.69 Å². The summed E-state index contributed by atoms with van der Waals surface area (Å²) in [4.78, 5) is 24.9. The number of rotatable bonds is 6. The fourth-order valence-corrected chi connectivity index (χ4v) is 3.99. The van der Waals surface area contributed by atoms with E-state index in [0.29, 0.717) is 34.3 Å². The van der Waals surface area contributed by atoms with E-state index in [0.717, 1.165) is 31.6 Å². The zero-order chi connectivity index (χ0) is 24.4. The Morgan fingerprint density at radius 2 is 1.91 bits per heavy atom. The molecule has 1 amide bonds. The lowest BCUT2D eigenvalue weighted by Crippen LogP contribution is -2.44. The van der Waals surface area contributed by atoms with E-state index in [2.05, 4.69) is 49.1 Å². The molecule has 1 aliphatic rings. The molecule has 178 valence electrons. The first kappa shape index (κ1) is 22.5. The van der Waals surface area contributed by atoms with Crippen LogP contribution in [0.5, 0.6) is 0 Å². The van der Waals surface area contributed by atoms with Gasteiger partial charge in [-0.2, -0.15) is 10.1 Å². The minimum Gasteiger partial charge on any atom is -0.367 e. The minimum atomic E-state index is -0.299. The number of fused-ring (bicyclic) bond motifs is 1. The molecule has 35 heavy (non-hydrogen) atoms. The number of halogens is 1. The Bertz CT molecular complexity index is 1390. The molecule has 0 unspecified atom stereocenters. The van der Waals surface area contributed by atoms with Gasteiger partial charge in [-0.15, -0.1) is 0 Å². The second kappa shape index (κ2) is 9.51. The Hall–Kier alpha value is -4.31. The van der Waals surface area contributed by atoms with Gasteiger partial charge in [0.05, 0.1) is 23.0 Å². The number of nitrogens with one attached hydrogen (secondary N) is 2. The van der Waals surface area contributed by atoms with Crippen LogP contribution in [0.25, 0.3) is 16.7 Å². The molecule has 1 fully saturated rings. The van der Waals surface area contributed by atoms with Crippen molar-refractivity contribution in [3.05, 3.63) is 73.3 Å². The molecule has 4 aromatic rings. The van der Waals surface area contributed by atoms with Crippen LogP contribution in [0.1, 0.15) is 0 Å². The van der Waals surface area contributed by atoms with Gasteiger partial charge in [-0.25, -0.2) is 14.1 Å². The molecule has 3 heterocycles. The minimum absolute atomic E-state index is 0.288. The van der Waals surface area contributed by atoms with Gasteiger partial charge in [-0.1, -0.05) is 12.6 Å². The lowest BCUT2D eigenvalue weighted by atomic mass is 10.2. The molecule has 10 heteroatoms. The molecule has 2 N–H and O–H groups in total. The summed E-state index contributed by atoms with van der Waals surface area (Å²) in [6, 6.07) is 12.3. The summed E-state index contributed by atoms with van der Waals surface area (Å²) in [5.74, 6) is -0.265.